The largest absolute Gasteiger partial charge is 0.339 e. The van der Waals surface area contributed by atoms with E-state index in [9.17, 15) is 0 Å². The molecule has 4 heterocycles. The van der Waals surface area contributed by atoms with Gasteiger partial charge in [-0.2, -0.15) is 4.98 Å². The number of nitrogens with zero attached hydrogens (tertiary/aromatic N) is 5. The summed E-state index contributed by atoms with van der Waals surface area (Å²) in [7, 11) is 2.00. The van der Waals surface area contributed by atoms with Crippen molar-refractivity contribution in [2.75, 3.05) is 18.0 Å². The van der Waals surface area contributed by atoms with Gasteiger partial charge >= 0.3 is 0 Å². The van der Waals surface area contributed by atoms with Crippen molar-refractivity contribution in [3.63, 3.8) is 0 Å². The number of anilines is 1. The van der Waals surface area contributed by atoms with Gasteiger partial charge in [-0.05, 0) is 33.6 Å². The van der Waals surface area contributed by atoms with Crippen molar-refractivity contribution in [1.82, 2.24) is 19.5 Å². The number of rotatable bonds is 2. The third-order valence-corrected chi connectivity index (χ3v) is 4.65. The van der Waals surface area contributed by atoms with Gasteiger partial charge < -0.3 is 9.47 Å². The normalized spacial score (nSPS) is 15.4. The van der Waals surface area contributed by atoms with E-state index in [1.54, 1.807) is 6.20 Å². The highest BCUT2D eigenvalue weighted by Crippen LogP contribution is 2.33. The summed E-state index contributed by atoms with van der Waals surface area (Å²) in [5, 5.41) is 1.08. The molecule has 0 atom stereocenters. The van der Waals surface area contributed by atoms with Crippen LogP contribution in [-0.2, 0) is 7.05 Å². The fourth-order valence-corrected chi connectivity index (χ4v) is 3.30. The number of aromatic nitrogens is 4. The summed E-state index contributed by atoms with van der Waals surface area (Å²) in [6.07, 6.45) is 5.70. The Balaban J connectivity index is 1.56. The molecule has 0 saturated carbocycles. The average molecular weight is 344 g/mol. The Morgan fingerprint density at radius 2 is 2.10 bits per heavy atom. The maximum Gasteiger partial charge on any atom is 0.227 e. The van der Waals surface area contributed by atoms with Gasteiger partial charge in [-0.25, -0.2) is 9.97 Å². The molecule has 1 saturated heterocycles. The van der Waals surface area contributed by atoms with Crippen LogP contribution < -0.4 is 4.90 Å². The molecule has 0 bridgehead atoms. The molecule has 21 heavy (non-hydrogen) atoms. The van der Waals surface area contributed by atoms with E-state index in [1.165, 1.54) is 5.56 Å². The molecule has 4 rings (SSSR count). The molecule has 6 heteroatoms. The number of halogens is 1. The van der Waals surface area contributed by atoms with Gasteiger partial charge in [0, 0.05) is 50.0 Å². The topological polar surface area (TPSA) is 46.8 Å². The molecular weight excluding hydrogens is 330 g/mol. The molecule has 5 nitrogen and oxygen atoms in total. The molecule has 0 radical (unpaired) electrons. The minimum atomic E-state index is 0.487. The minimum Gasteiger partial charge on any atom is -0.339 e. The number of aryl methyl sites for hydroxylation is 1. The van der Waals surface area contributed by atoms with Gasteiger partial charge in [-0.15, -0.1) is 0 Å². The van der Waals surface area contributed by atoms with Crippen molar-refractivity contribution in [3.05, 3.63) is 47.0 Å². The molecule has 1 aliphatic rings. The van der Waals surface area contributed by atoms with Crippen molar-refractivity contribution in [3.8, 4) is 0 Å². The van der Waals surface area contributed by atoms with Crippen LogP contribution in [0.2, 0.25) is 0 Å². The standard InChI is InChI=1S/C15H14BrN5/c1-20-6-4-10-7-18-15(19-14(10)20)21-8-11(9-21)12-3-2-5-17-13(12)16/h2-7,11H,8-9H2,1H3. The zero-order valence-corrected chi connectivity index (χ0v) is 13.2. The summed E-state index contributed by atoms with van der Waals surface area (Å²) in [6.45, 7) is 1.86. The van der Waals surface area contributed by atoms with Crippen LogP contribution in [-0.4, -0.2) is 32.6 Å². The summed E-state index contributed by atoms with van der Waals surface area (Å²) in [5.41, 5.74) is 2.24. The van der Waals surface area contributed by atoms with Crippen molar-refractivity contribution >= 4 is 32.9 Å². The zero-order chi connectivity index (χ0) is 14.4. The fourth-order valence-electron chi connectivity index (χ4n) is 2.73. The Hall–Kier alpha value is -1.95. The molecule has 0 aromatic carbocycles. The van der Waals surface area contributed by atoms with Gasteiger partial charge in [0.2, 0.25) is 5.95 Å². The lowest BCUT2D eigenvalue weighted by Crippen LogP contribution is -2.46. The predicted octanol–water partition coefficient (Wildman–Crippen LogP) is 2.73. The van der Waals surface area contributed by atoms with Crippen molar-refractivity contribution < 1.29 is 0 Å². The van der Waals surface area contributed by atoms with Gasteiger partial charge in [-0.1, -0.05) is 6.07 Å². The van der Waals surface area contributed by atoms with Gasteiger partial charge in [0.05, 0.1) is 0 Å². The molecule has 1 fully saturated rings. The molecule has 0 unspecified atom stereocenters. The van der Waals surface area contributed by atoms with E-state index in [0.29, 0.717) is 5.92 Å². The minimum absolute atomic E-state index is 0.487. The van der Waals surface area contributed by atoms with Gasteiger partial charge in [0.1, 0.15) is 10.3 Å². The van der Waals surface area contributed by atoms with Crippen LogP contribution in [0.1, 0.15) is 11.5 Å². The smallest absolute Gasteiger partial charge is 0.227 e. The highest BCUT2D eigenvalue weighted by Gasteiger charge is 2.31. The van der Waals surface area contributed by atoms with Crippen LogP contribution in [0, 0.1) is 0 Å². The first-order valence-electron chi connectivity index (χ1n) is 6.86. The van der Waals surface area contributed by atoms with Crippen LogP contribution in [0.3, 0.4) is 0 Å². The van der Waals surface area contributed by atoms with E-state index in [-0.39, 0.29) is 0 Å². The molecule has 3 aromatic rings. The lowest BCUT2D eigenvalue weighted by atomic mass is 9.93. The summed E-state index contributed by atoms with van der Waals surface area (Å²) in [5.74, 6) is 1.29. The van der Waals surface area contributed by atoms with E-state index in [2.05, 4.69) is 41.8 Å². The molecule has 106 valence electrons. The molecule has 0 aliphatic carbocycles. The molecule has 1 aliphatic heterocycles. The molecule has 0 amide bonds. The second-order valence-electron chi connectivity index (χ2n) is 5.36. The Morgan fingerprint density at radius 1 is 1.24 bits per heavy atom. The third-order valence-electron chi connectivity index (χ3n) is 3.99. The Kier molecular flexibility index (Phi) is 2.92. The zero-order valence-electron chi connectivity index (χ0n) is 11.6. The molecule has 0 N–H and O–H groups in total. The maximum absolute atomic E-state index is 4.66. The summed E-state index contributed by atoms with van der Waals surface area (Å²) in [4.78, 5) is 15.6. The summed E-state index contributed by atoms with van der Waals surface area (Å²) < 4.78 is 2.96. The van der Waals surface area contributed by atoms with Crippen LogP contribution in [0.5, 0.6) is 0 Å². The van der Waals surface area contributed by atoms with E-state index in [4.69, 9.17) is 0 Å². The van der Waals surface area contributed by atoms with E-state index in [1.807, 2.05) is 36.1 Å². The van der Waals surface area contributed by atoms with Crippen molar-refractivity contribution in [2.45, 2.75) is 5.92 Å². The average Bonchev–Trinajstić information content (AvgIpc) is 2.81. The first kappa shape index (κ1) is 12.8. The molecular formula is C15H14BrN5. The van der Waals surface area contributed by atoms with Crippen LogP contribution in [0.4, 0.5) is 5.95 Å². The Morgan fingerprint density at radius 3 is 2.90 bits per heavy atom. The Bertz CT molecular complexity index is 807. The Labute approximate surface area is 130 Å². The fraction of sp³-hybridized carbons (Fsp3) is 0.267. The monoisotopic (exact) mass is 343 g/mol. The first-order chi connectivity index (χ1) is 10.2. The third kappa shape index (κ3) is 2.10. The number of hydrogen-bond acceptors (Lipinski definition) is 4. The van der Waals surface area contributed by atoms with Crippen LogP contribution in [0.15, 0.2) is 41.4 Å². The van der Waals surface area contributed by atoms with Gasteiger partial charge in [0.15, 0.2) is 0 Å². The highest BCUT2D eigenvalue weighted by atomic mass is 79.9. The highest BCUT2D eigenvalue weighted by molar-refractivity contribution is 9.10. The number of fused-ring (bicyclic) bond motifs is 1. The lowest BCUT2D eigenvalue weighted by molar-refractivity contribution is 0.511. The SMILES string of the molecule is Cn1ccc2cnc(N3CC(c4cccnc4Br)C3)nc21. The summed E-state index contributed by atoms with van der Waals surface area (Å²) >= 11 is 3.52. The lowest BCUT2D eigenvalue weighted by Gasteiger charge is -2.39. The van der Waals surface area contributed by atoms with E-state index >= 15 is 0 Å². The maximum atomic E-state index is 4.66. The van der Waals surface area contributed by atoms with Gasteiger partial charge in [0.25, 0.3) is 0 Å². The predicted molar refractivity (Wildman–Crippen MR) is 85.4 cm³/mol. The number of hydrogen-bond donors (Lipinski definition) is 0. The summed E-state index contributed by atoms with van der Waals surface area (Å²) in [6, 6.07) is 6.14. The second-order valence-corrected chi connectivity index (χ2v) is 6.11. The van der Waals surface area contributed by atoms with Gasteiger partial charge in [-0.3, -0.25) is 0 Å². The molecule has 3 aromatic heterocycles. The number of pyridine rings is 1. The van der Waals surface area contributed by atoms with E-state index < -0.39 is 0 Å². The first-order valence-corrected chi connectivity index (χ1v) is 7.65. The molecule has 0 spiro atoms. The van der Waals surface area contributed by atoms with Crippen LogP contribution in [0.25, 0.3) is 11.0 Å². The quantitative estimate of drug-likeness (QED) is 0.671. The van der Waals surface area contributed by atoms with Crippen molar-refractivity contribution in [2.24, 2.45) is 7.05 Å². The van der Waals surface area contributed by atoms with Crippen LogP contribution >= 0.6 is 15.9 Å². The second kappa shape index (κ2) is 4.80. The van der Waals surface area contributed by atoms with Crippen molar-refractivity contribution in [1.29, 1.82) is 0 Å². The van der Waals surface area contributed by atoms with E-state index in [0.717, 1.165) is 34.7 Å².